The fourth-order valence-corrected chi connectivity index (χ4v) is 4.14. The summed E-state index contributed by atoms with van der Waals surface area (Å²) in [5.74, 6) is 0.926. The first-order chi connectivity index (χ1) is 13.5. The summed E-state index contributed by atoms with van der Waals surface area (Å²) >= 11 is 0. The molecule has 2 aromatic rings. The lowest BCUT2D eigenvalue weighted by Crippen LogP contribution is -2.31. The number of carbonyl (C=O) groups excluding carboxylic acids is 2. The quantitative estimate of drug-likeness (QED) is 0.822. The number of esters is 1. The van der Waals surface area contributed by atoms with Gasteiger partial charge in [-0.15, -0.1) is 0 Å². The van der Waals surface area contributed by atoms with Gasteiger partial charge in [0.25, 0.3) is 5.91 Å². The van der Waals surface area contributed by atoms with Crippen LogP contribution in [0.15, 0.2) is 18.2 Å². The standard InChI is InChI=1S/C21H24N2O5/c1-12-18(21(25)26-3)13(2)22-19(12)20(24)23-8-4-5-15(23)14-6-7-16-17(11-14)28-10-9-27-16/h6-7,11,15,22H,4-5,8-10H2,1-3H3/t15-/m0/s1. The number of methoxy groups -OCH3 is 1. The summed E-state index contributed by atoms with van der Waals surface area (Å²) in [6, 6.07) is 5.84. The summed E-state index contributed by atoms with van der Waals surface area (Å²) < 4.78 is 16.1. The van der Waals surface area contributed by atoms with Crippen molar-refractivity contribution in [3.63, 3.8) is 0 Å². The van der Waals surface area contributed by atoms with Crippen molar-refractivity contribution in [1.82, 2.24) is 9.88 Å². The zero-order valence-electron chi connectivity index (χ0n) is 16.3. The number of nitrogens with one attached hydrogen (secondary N) is 1. The largest absolute Gasteiger partial charge is 0.486 e. The molecule has 0 radical (unpaired) electrons. The van der Waals surface area contributed by atoms with E-state index in [1.807, 2.05) is 23.1 Å². The Morgan fingerprint density at radius 1 is 1.18 bits per heavy atom. The van der Waals surface area contributed by atoms with Gasteiger partial charge in [-0.05, 0) is 49.9 Å². The molecule has 0 unspecified atom stereocenters. The Kier molecular flexibility index (Phi) is 4.75. The number of fused-ring (bicyclic) bond motifs is 1. The lowest BCUT2D eigenvalue weighted by Gasteiger charge is -2.26. The number of hydrogen-bond acceptors (Lipinski definition) is 5. The number of aromatic nitrogens is 1. The van der Waals surface area contributed by atoms with Crippen LogP contribution in [0.25, 0.3) is 0 Å². The zero-order chi connectivity index (χ0) is 19.8. The van der Waals surface area contributed by atoms with E-state index in [2.05, 4.69) is 4.98 Å². The number of ether oxygens (including phenoxy) is 3. The van der Waals surface area contributed by atoms with Gasteiger partial charge < -0.3 is 24.1 Å². The van der Waals surface area contributed by atoms with Crippen LogP contribution in [0.5, 0.6) is 11.5 Å². The summed E-state index contributed by atoms with van der Waals surface area (Å²) in [5.41, 5.74) is 3.18. The van der Waals surface area contributed by atoms with E-state index in [4.69, 9.17) is 14.2 Å². The number of H-pyrrole nitrogens is 1. The van der Waals surface area contributed by atoms with Gasteiger partial charge in [0.05, 0.1) is 18.7 Å². The summed E-state index contributed by atoms with van der Waals surface area (Å²) in [6.45, 7) is 5.30. The molecule has 7 nitrogen and oxygen atoms in total. The van der Waals surface area contributed by atoms with Crippen LogP contribution in [-0.2, 0) is 4.74 Å². The van der Waals surface area contributed by atoms with E-state index in [0.29, 0.717) is 42.3 Å². The number of hydrogen-bond donors (Lipinski definition) is 1. The minimum Gasteiger partial charge on any atom is -0.486 e. The third kappa shape index (κ3) is 3.00. The van der Waals surface area contributed by atoms with Gasteiger partial charge >= 0.3 is 5.97 Å². The second kappa shape index (κ2) is 7.22. The van der Waals surface area contributed by atoms with E-state index in [-0.39, 0.29) is 11.9 Å². The monoisotopic (exact) mass is 384 g/mol. The predicted octanol–water partition coefficient (Wildman–Crippen LogP) is 3.17. The van der Waals surface area contributed by atoms with Crippen molar-refractivity contribution >= 4 is 11.9 Å². The number of benzene rings is 1. The summed E-state index contributed by atoms with van der Waals surface area (Å²) in [5, 5.41) is 0. The van der Waals surface area contributed by atoms with Crippen molar-refractivity contribution in [2.45, 2.75) is 32.7 Å². The van der Waals surface area contributed by atoms with Crippen molar-refractivity contribution in [1.29, 1.82) is 0 Å². The van der Waals surface area contributed by atoms with Crippen LogP contribution in [0.2, 0.25) is 0 Å². The Balaban J connectivity index is 1.64. The molecule has 1 amide bonds. The smallest absolute Gasteiger partial charge is 0.339 e. The van der Waals surface area contributed by atoms with E-state index >= 15 is 0 Å². The molecule has 1 fully saturated rings. The highest BCUT2D eigenvalue weighted by molar-refractivity contribution is 6.00. The highest BCUT2D eigenvalue weighted by Gasteiger charge is 2.34. The van der Waals surface area contributed by atoms with Gasteiger partial charge in [0.15, 0.2) is 11.5 Å². The molecular weight excluding hydrogens is 360 g/mol. The number of nitrogens with zero attached hydrogens (tertiary/aromatic N) is 1. The number of amides is 1. The van der Waals surface area contributed by atoms with Crippen molar-refractivity contribution in [2.24, 2.45) is 0 Å². The van der Waals surface area contributed by atoms with Crippen LogP contribution >= 0.6 is 0 Å². The fourth-order valence-electron chi connectivity index (χ4n) is 4.14. The van der Waals surface area contributed by atoms with Crippen molar-refractivity contribution in [3.8, 4) is 11.5 Å². The molecule has 2 aliphatic heterocycles. The zero-order valence-corrected chi connectivity index (χ0v) is 16.3. The second-order valence-electron chi connectivity index (χ2n) is 7.18. The van der Waals surface area contributed by atoms with E-state index < -0.39 is 5.97 Å². The molecule has 1 saturated heterocycles. The first-order valence-corrected chi connectivity index (χ1v) is 9.49. The SMILES string of the molecule is COC(=O)c1c(C)[nH]c(C(=O)N2CCC[C@H]2c2ccc3c(c2)OCCO3)c1C. The van der Waals surface area contributed by atoms with Crippen LogP contribution < -0.4 is 9.47 Å². The van der Waals surface area contributed by atoms with Gasteiger partial charge in [0, 0.05) is 12.2 Å². The summed E-state index contributed by atoms with van der Waals surface area (Å²) in [4.78, 5) is 30.3. The van der Waals surface area contributed by atoms with Crippen molar-refractivity contribution in [3.05, 3.63) is 46.3 Å². The number of aryl methyl sites for hydroxylation is 1. The van der Waals surface area contributed by atoms with Gasteiger partial charge in [-0.3, -0.25) is 4.79 Å². The topological polar surface area (TPSA) is 80.9 Å². The first kappa shape index (κ1) is 18.4. The second-order valence-corrected chi connectivity index (χ2v) is 7.18. The minimum absolute atomic E-state index is 0.0343. The lowest BCUT2D eigenvalue weighted by molar-refractivity contribution is 0.0599. The van der Waals surface area contributed by atoms with E-state index in [1.54, 1.807) is 13.8 Å². The molecular formula is C21H24N2O5. The Morgan fingerprint density at radius 3 is 2.68 bits per heavy atom. The van der Waals surface area contributed by atoms with Gasteiger partial charge in [0.1, 0.15) is 18.9 Å². The van der Waals surface area contributed by atoms with Crippen LogP contribution in [-0.4, -0.2) is 48.6 Å². The normalized spacial score (nSPS) is 18.2. The molecule has 0 saturated carbocycles. The highest BCUT2D eigenvalue weighted by Crippen LogP contribution is 2.39. The fraction of sp³-hybridized carbons (Fsp3) is 0.429. The summed E-state index contributed by atoms with van der Waals surface area (Å²) in [7, 11) is 1.34. The number of rotatable bonds is 3. The average molecular weight is 384 g/mol. The van der Waals surface area contributed by atoms with E-state index in [9.17, 15) is 9.59 Å². The maximum Gasteiger partial charge on any atom is 0.339 e. The Labute approximate surface area is 163 Å². The van der Waals surface area contributed by atoms with E-state index in [0.717, 1.165) is 29.9 Å². The molecule has 3 heterocycles. The third-order valence-corrected chi connectivity index (χ3v) is 5.51. The minimum atomic E-state index is -0.435. The molecule has 0 aliphatic carbocycles. The molecule has 2 aliphatic rings. The average Bonchev–Trinajstić information content (AvgIpc) is 3.31. The summed E-state index contributed by atoms with van der Waals surface area (Å²) in [6.07, 6.45) is 1.81. The molecule has 7 heteroatoms. The Bertz CT molecular complexity index is 933. The molecule has 0 bridgehead atoms. The van der Waals surface area contributed by atoms with Crippen LogP contribution in [0.4, 0.5) is 0 Å². The molecule has 1 aromatic heterocycles. The first-order valence-electron chi connectivity index (χ1n) is 9.49. The van der Waals surface area contributed by atoms with Crippen molar-refractivity contribution in [2.75, 3.05) is 26.9 Å². The van der Waals surface area contributed by atoms with Gasteiger partial charge in [0.2, 0.25) is 0 Å². The van der Waals surface area contributed by atoms with Gasteiger partial charge in [-0.2, -0.15) is 0 Å². The highest BCUT2D eigenvalue weighted by atomic mass is 16.6. The van der Waals surface area contributed by atoms with E-state index in [1.165, 1.54) is 7.11 Å². The van der Waals surface area contributed by atoms with Crippen LogP contribution in [0.3, 0.4) is 0 Å². The molecule has 0 spiro atoms. The molecule has 1 aromatic carbocycles. The predicted molar refractivity (Wildman–Crippen MR) is 102 cm³/mol. The van der Waals surface area contributed by atoms with Crippen molar-refractivity contribution < 1.29 is 23.8 Å². The molecule has 28 heavy (non-hydrogen) atoms. The van der Waals surface area contributed by atoms with Crippen LogP contribution in [0, 0.1) is 13.8 Å². The number of likely N-dealkylation sites (tertiary alicyclic amines) is 1. The van der Waals surface area contributed by atoms with Crippen LogP contribution in [0.1, 0.15) is 56.6 Å². The number of aromatic amines is 1. The molecule has 1 N–H and O–H groups in total. The molecule has 4 rings (SSSR count). The number of carbonyl (C=O) groups is 2. The van der Waals surface area contributed by atoms with Gasteiger partial charge in [-0.25, -0.2) is 4.79 Å². The Morgan fingerprint density at radius 2 is 1.93 bits per heavy atom. The maximum absolute atomic E-state index is 13.3. The molecule has 148 valence electrons. The lowest BCUT2D eigenvalue weighted by atomic mass is 10.0. The maximum atomic E-state index is 13.3. The Hall–Kier alpha value is -2.96. The molecule has 1 atom stereocenters. The third-order valence-electron chi connectivity index (χ3n) is 5.51. The van der Waals surface area contributed by atoms with Gasteiger partial charge in [-0.1, -0.05) is 6.07 Å².